The van der Waals surface area contributed by atoms with Crippen molar-refractivity contribution in [3.05, 3.63) is 52.3 Å². The quantitative estimate of drug-likeness (QED) is 0.509. The molecule has 0 atom stereocenters. The van der Waals surface area contributed by atoms with Gasteiger partial charge in [-0.05, 0) is 18.2 Å². The van der Waals surface area contributed by atoms with Crippen LogP contribution in [0.25, 0.3) is 0 Å². The molecule has 0 aliphatic heterocycles. The summed E-state index contributed by atoms with van der Waals surface area (Å²) in [5, 5.41) is 13.6. The van der Waals surface area contributed by atoms with E-state index in [4.69, 9.17) is 10.5 Å². The smallest absolute Gasteiger partial charge is 0.273 e. The van der Waals surface area contributed by atoms with Crippen LogP contribution in [-0.2, 0) is 0 Å². The topological polar surface area (TPSA) is 90.4 Å². The lowest BCUT2D eigenvalue weighted by Gasteiger charge is -2.09. The molecule has 0 aliphatic carbocycles. The molecule has 7 heteroatoms. The molecule has 2 rings (SSSR count). The van der Waals surface area contributed by atoms with Crippen LogP contribution >= 0.6 is 0 Å². The second-order valence-electron chi connectivity index (χ2n) is 4.04. The molecule has 0 bridgehead atoms. The Balaban J connectivity index is 2.30. The van der Waals surface area contributed by atoms with Crippen LogP contribution in [-0.4, -0.2) is 12.0 Å². The van der Waals surface area contributed by atoms with Crippen molar-refractivity contribution in [3.8, 4) is 5.75 Å². The molecule has 0 heterocycles. The van der Waals surface area contributed by atoms with Gasteiger partial charge in [-0.2, -0.15) is 0 Å². The van der Waals surface area contributed by atoms with Crippen molar-refractivity contribution in [1.29, 1.82) is 0 Å². The number of methoxy groups -OCH3 is 1. The normalized spacial score (nSPS) is 10.1. The summed E-state index contributed by atoms with van der Waals surface area (Å²) >= 11 is 0. The third-order valence-corrected chi connectivity index (χ3v) is 2.59. The first kappa shape index (κ1) is 13.6. The Hall–Kier alpha value is -2.83. The van der Waals surface area contributed by atoms with Gasteiger partial charge in [-0.1, -0.05) is 0 Å². The minimum absolute atomic E-state index is 0.120. The van der Waals surface area contributed by atoms with E-state index in [1.165, 1.54) is 37.4 Å². The predicted molar refractivity (Wildman–Crippen MR) is 73.7 cm³/mol. The number of hydrogen-bond donors (Lipinski definition) is 2. The molecule has 2 aromatic carbocycles. The first-order valence-electron chi connectivity index (χ1n) is 5.65. The van der Waals surface area contributed by atoms with Gasteiger partial charge >= 0.3 is 0 Å². The number of rotatable bonds is 4. The fraction of sp³-hybridized carbons (Fsp3) is 0.0769. The van der Waals surface area contributed by atoms with Crippen molar-refractivity contribution in [3.63, 3.8) is 0 Å². The fourth-order valence-corrected chi connectivity index (χ4v) is 1.72. The Bertz CT molecular complexity index is 661. The van der Waals surface area contributed by atoms with Gasteiger partial charge in [0.2, 0.25) is 0 Å². The van der Waals surface area contributed by atoms with Gasteiger partial charge in [0.05, 0.1) is 12.0 Å². The highest BCUT2D eigenvalue weighted by molar-refractivity contribution is 5.68. The van der Waals surface area contributed by atoms with E-state index in [0.717, 1.165) is 0 Å². The van der Waals surface area contributed by atoms with Crippen molar-refractivity contribution < 1.29 is 14.1 Å². The van der Waals surface area contributed by atoms with Gasteiger partial charge < -0.3 is 15.8 Å². The molecule has 0 radical (unpaired) electrons. The number of ether oxygens (including phenoxy) is 1. The average molecular weight is 277 g/mol. The largest absolute Gasteiger partial charge is 0.494 e. The molecule has 3 N–H and O–H groups in total. The number of nitrogens with two attached hydrogens (primary N) is 1. The van der Waals surface area contributed by atoms with Crippen LogP contribution in [0.5, 0.6) is 5.75 Å². The van der Waals surface area contributed by atoms with Crippen LogP contribution in [0.4, 0.5) is 27.1 Å². The van der Waals surface area contributed by atoms with E-state index in [9.17, 15) is 14.5 Å². The van der Waals surface area contributed by atoms with Crippen molar-refractivity contribution in [2.75, 3.05) is 18.2 Å². The van der Waals surface area contributed by atoms with E-state index in [-0.39, 0.29) is 17.1 Å². The Labute approximate surface area is 114 Å². The number of nitro benzene ring substituents is 1. The van der Waals surface area contributed by atoms with Gasteiger partial charge in [-0.15, -0.1) is 0 Å². The van der Waals surface area contributed by atoms with E-state index in [1.54, 1.807) is 6.07 Å². The standard InChI is InChI=1S/C13H12FN3O3/c1-20-13-3-2-9(7-12(13)14)16-10-4-8(15)5-11(6-10)17(18)19/h2-7,16H,15H2,1H3. The maximum atomic E-state index is 13.5. The van der Waals surface area contributed by atoms with Crippen LogP contribution < -0.4 is 15.8 Å². The van der Waals surface area contributed by atoms with Crippen LogP contribution in [0.15, 0.2) is 36.4 Å². The maximum absolute atomic E-state index is 13.5. The third kappa shape index (κ3) is 2.94. The summed E-state index contributed by atoms with van der Waals surface area (Å²) in [4.78, 5) is 10.2. The lowest BCUT2D eigenvalue weighted by Crippen LogP contribution is -1.97. The minimum atomic E-state index is -0.545. The number of nitrogens with one attached hydrogen (secondary N) is 1. The van der Waals surface area contributed by atoms with Gasteiger partial charge in [0, 0.05) is 35.3 Å². The summed E-state index contributed by atoms with van der Waals surface area (Å²) in [6.45, 7) is 0. The summed E-state index contributed by atoms with van der Waals surface area (Å²) in [5.74, 6) is -0.412. The SMILES string of the molecule is COc1ccc(Nc2cc(N)cc([N+](=O)[O-])c2)cc1F. The molecule has 0 saturated carbocycles. The predicted octanol–water partition coefficient (Wildman–Crippen LogP) is 3.07. The maximum Gasteiger partial charge on any atom is 0.273 e. The second kappa shape index (κ2) is 5.43. The number of non-ortho nitro benzene ring substituents is 1. The van der Waals surface area contributed by atoms with E-state index in [2.05, 4.69) is 5.32 Å². The number of anilines is 3. The number of halogens is 1. The molecule has 0 amide bonds. The van der Waals surface area contributed by atoms with Gasteiger partial charge in [-0.25, -0.2) is 4.39 Å². The van der Waals surface area contributed by atoms with Crippen LogP contribution in [0.1, 0.15) is 0 Å². The van der Waals surface area contributed by atoms with Crippen LogP contribution in [0, 0.1) is 15.9 Å². The Morgan fingerprint density at radius 2 is 2.00 bits per heavy atom. The van der Waals surface area contributed by atoms with Crippen LogP contribution in [0.2, 0.25) is 0 Å². The van der Waals surface area contributed by atoms with E-state index in [0.29, 0.717) is 11.4 Å². The summed E-state index contributed by atoms with van der Waals surface area (Å²) in [6.07, 6.45) is 0. The Morgan fingerprint density at radius 3 is 2.60 bits per heavy atom. The Morgan fingerprint density at radius 1 is 1.25 bits per heavy atom. The summed E-state index contributed by atoms with van der Waals surface area (Å²) in [7, 11) is 1.37. The number of nitro groups is 1. The first-order valence-corrected chi connectivity index (χ1v) is 5.65. The minimum Gasteiger partial charge on any atom is -0.494 e. The molecule has 20 heavy (non-hydrogen) atoms. The van der Waals surface area contributed by atoms with Crippen molar-refractivity contribution in [2.24, 2.45) is 0 Å². The average Bonchev–Trinajstić information content (AvgIpc) is 2.38. The van der Waals surface area contributed by atoms with E-state index < -0.39 is 10.7 Å². The van der Waals surface area contributed by atoms with Crippen molar-refractivity contribution >= 4 is 22.7 Å². The third-order valence-electron chi connectivity index (χ3n) is 2.59. The first-order chi connectivity index (χ1) is 9.49. The number of benzene rings is 2. The number of nitrogens with zero attached hydrogens (tertiary/aromatic N) is 1. The van der Waals surface area contributed by atoms with Crippen molar-refractivity contribution in [1.82, 2.24) is 0 Å². The van der Waals surface area contributed by atoms with Gasteiger partial charge in [-0.3, -0.25) is 10.1 Å². The van der Waals surface area contributed by atoms with Gasteiger partial charge in [0.1, 0.15) is 0 Å². The van der Waals surface area contributed by atoms with Gasteiger partial charge in [0.15, 0.2) is 11.6 Å². The lowest BCUT2D eigenvalue weighted by molar-refractivity contribution is -0.384. The van der Waals surface area contributed by atoms with Gasteiger partial charge in [0.25, 0.3) is 5.69 Å². The Kier molecular flexibility index (Phi) is 3.69. The summed E-state index contributed by atoms with van der Waals surface area (Å²) < 4.78 is 18.3. The number of nitrogen functional groups attached to an aromatic ring is 1. The summed E-state index contributed by atoms with van der Waals surface area (Å²) in [6, 6.07) is 8.37. The molecule has 0 unspecified atom stereocenters. The monoisotopic (exact) mass is 277 g/mol. The zero-order valence-corrected chi connectivity index (χ0v) is 10.6. The van der Waals surface area contributed by atoms with Crippen LogP contribution in [0.3, 0.4) is 0 Å². The molecule has 0 aliphatic rings. The second-order valence-corrected chi connectivity index (χ2v) is 4.04. The molecule has 0 fully saturated rings. The molecule has 6 nitrogen and oxygen atoms in total. The van der Waals surface area contributed by atoms with E-state index in [1.807, 2.05) is 0 Å². The molecular weight excluding hydrogens is 265 g/mol. The molecule has 0 aromatic heterocycles. The summed E-state index contributed by atoms with van der Waals surface area (Å²) in [5.41, 5.74) is 6.53. The molecule has 0 spiro atoms. The zero-order valence-electron chi connectivity index (χ0n) is 10.6. The molecule has 0 saturated heterocycles. The molecule has 2 aromatic rings. The number of hydrogen-bond acceptors (Lipinski definition) is 5. The van der Waals surface area contributed by atoms with Crippen molar-refractivity contribution in [2.45, 2.75) is 0 Å². The highest BCUT2D eigenvalue weighted by Crippen LogP contribution is 2.27. The lowest BCUT2D eigenvalue weighted by atomic mass is 10.2. The fourth-order valence-electron chi connectivity index (χ4n) is 1.72. The highest BCUT2D eigenvalue weighted by Gasteiger charge is 2.09. The molecule has 104 valence electrons. The highest BCUT2D eigenvalue weighted by atomic mass is 19.1. The van der Waals surface area contributed by atoms with E-state index >= 15 is 0 Å². The molecular formula is C13H12FN3O3. The zero-order chi connectivity index (χ0) is 14.7.